The van der Waals surface area contributed by atoms with Crippen molar-refractivity contribution in [1.29, 1.82) is 5.26 Å². The Labute approximate surface area is 122 Å². The Morgan fingerprint density at radius 1 is 1.57 bits per heavy atom. The van der Waals surface area contributed by atoms with E-state index in [1.165, 1.54) is 12.1 Å². The molecular weight excluding hydrogens is 272 g/mol. The molecule has 110 valence electrons. The molecule has 2 N–H and O–H groups in total. The van der Waals surface area contributed by atoms with E-state index in [4.69, 9.17) is 5.73 Å². The number of nitrogens with zero attached hydrogens (tertiary/aromatic N) is 3. The van der Waals surface area contributed by atoms with Gasteiger partial charge >= 0.3 is 0 Å². The van der Waals surface area contributed by atoms with Gasteiger partial charge in [-0.25, -0.2) is 0 Å². The van der Waals surface area contributed by atoms with Gasteiger partial charge in [0.2, 0.25) is 5.91 Å². The number of non-ortho nitro benzene ring substituents is 1. The van der Waals surface area contributed by atoms with E-state index in [9.17, 15) is 20.2 Å². The molecule has 1 heterocycles. The highest BCUT2D eigenvalue weighted by Crippen LogP contribution is 2.29. The average Bonchev–Trinajstić information content (AvgIpc) is 2.46. The number of hydrogen-bond donors (Lipinski definition) is 1. The number of hydrogen-bond acceptors (Lipinski definition) is 5. The molecule has 1 aliphatic heterocycles. The van der Waals surface area contributed by atoms with Gasteiger partial charge in [-0.1, -0.05) is 0 Å². The molecular formula is C14H16N4O3. The first kappa shape index (κ1) is 14.8. The summed E-state index contributed by atoms with van der Waals surface area (Å²) in [6, 6.07) is 6.29. The Kier molecular flexibility index (Phi) is 4.38. The molecule has 7 heteroatoms. The lowest BCUT2D eigenvalue weighted by Crippen LogP contribution is -2.37. The molecule has 1 aliphatic rings. The Bertz CT molecular complexity index is 609. The highest BCUT2D eigenvalue weighted by Gasteiger charge is 2.24. The zero-order chi connectivity index (χ0) is 15.4. The fourth-order valence-electron chi connectivity index (χ4n) is 2.74. The topological polar surface area (TPSA) is 113 Å². The second kappa shape index (κ2) is 6.22. The lowest BCUT2D eigenvalue weighted by Gasteiger charge is -2.34. The van der Waals surface area contributed by atoms with Gasteiger partial charge in [-0.3, -0.25) is 14.9 Å². The highest BCUT2D eigenvalue weighted by atomic mass is 16.6. The van der Waals surface area contributed by atoms with Crippen molar-refractivity contribution in [2.75, 3.05) is 18.0 Å². The molecule has 1 unspecified atom stereocenters. The molecule has 1 fully saturated rings. The number of primary amides is 1. The van der Waals surface area contributed by atoms with E-state index in [0.717, 1.165) is 19.4 Å². The number of nitrogens with two attached hydrogens (primary N) is 1. The van der Waals surface area contributed by atoms with Gasteiger partial charge in [0, 0.05) is 31.6 Å². The first-order chi connectivity index (χ1) is 10.0. The summed E-state index contributed by atoms with van der Waals surface area (Å²) in [6.07, 6.45) is 2.15. The van der Waals surface area contributed by atoms with Crippen molar-refractivity contribution in [3.8, 4) is 6.07 Å². The van der Waals surface area contributed by atoms with E-state index in [2.05, 4.69) is 0 Å². The summed E-state index contributed by atoms with van der Waals surface area (Å²) >= 11 is 0. The molecule has 1 saturated heterocycles. The van der Waals surface area contributed by atoms with Gasteiger partial charge in [0.15, 0.2) is 0 Å². The van der Waals surface area contributed by atoms with E-state index in [1.54, 1.807) is 6.07 Å². The molecule has 0 aliphatic carbocycles. The van der Waals surface area contributed by atoms with Gasteiger partial charge in [0.1, 0.15) is 6.07 Å². The minimum atomic E-state index is -0.517. The Balaban J connectivity index is 2.23. The molecule has 1 aromatic rings. The Morgan fingerprint density at radius 3 is 2.95 bits per heavy atom. The lowest BCUT2D eigenvalue weighted by atomic mass is 9.93. The van der Waals surface area contributed by atoms with E-state index in [1.807, 2.05) is 11.0 Å². The summed E-state index contributed by atoms with van der Waals surface area (Å²) in [5, 5.41) is 20.0. The molecule has 1 amide bonds. The largest absolute Gasteiger partial charge is 0.370 e. The zero-order valence-corrected chi connectivity index (χ0v) is 11.5. The third-order valence-electron chi connectivity index (χ3n) is 3.66. The molecule has 1 aromatic carbocycles. The summed E-state index contributed by atoms with van der Waals surface area (Å²) in [7, 11) is 0. The number of rotatable bonds is 4. The molecule has 0 spiro atoms. The third kappa shape index (κ3) is 3.48. The van der Waals surface area contributed by atoms with Crippen molar-refractivity contribution < 1.29 is 9.72 Å². The number of carbonyl (C=O) groups excluding carboxylic acids is 1. The van der Waals surface area contributed by atoms with Gasteiger partial charge in [-0.05, 0) is 24.8 Å². The summed E-state index contributed by atoms with van der Waals surface area (Å²) in [5.41, 5.74) is 6.10. The fourth-order valence-corrected chi connectivity index (χ4v) is 2.74. The van der Waals surface area contributed by atoms with Crippen LogP contribution in [0.1, 0.15) is 24.8 Å². The van der Waals surface area contributed by atoms with Crippen molar-refractivity contribution in [2.24, 2.45) is 11.7 Å². The number of nitriles is 1. The third-order valence-corrected chi connectivity index (χ3v) is 3.66. The van der Waals surface area contributed by atoms with Gasteiger partial charge in [0.05, 0.1) is 16.2 Å². The zero-order valence-electron chi connectivity index (χ0n) is 11.5. The van der Waals surface area contributed by atoms with Crippen LogP contribution in [-0.2, 0) is 4.79 Å². The van der Waals surface area contributed by atoms with Gasteiger partial charge < -0.3 is 10.6 Å². The normalized spacial score (nSPS) is 18.0. The average molecular weight is 288 g/mol. The van der Waals surface area contributed by atoms with Crippen LogP contribution in [0.15, 0.2) is 18.2 Å². The van der Waals surface area contributed by atoms with Crippen LogP contribution in [0.3, 0.4) is 0 Å². The lowest BCUT2D eigenvalue weighted by molar-refractivity contribution is -0.384. The smallest absolute Gasteiger partial charge is 0.270 e. The number of piperidine rings is 1. The van der Waals surface area contributed by atoms with Gasteiger partial charge in [0.25, 0.3) is 5.69 Å². The Hall–Kier alpha value is -2.62. The number of nitro groups is 1. The minimum Gasteiger partial charge on any atom is -0.370 e. The number of anilines is 1. The monoisotopic (exact) mass is 288 g/mol. The number of carbonyl (C=O) groups is 1. The van der Waals surface area contributed by atoms with Crippen LogP contribution in [0, 0.1) is 27.4 Å². The first-order valence-electron chi connectivity index (χ1n) is 6.73. The summed E-state index contributed by atoms with van der Waals surface area (Å²) < 4.78 is 0. The van der Waals surface area contributed by atoms with Crippen LogP contribution in [0.4, 0.5) is 11.4 Å². The second-order valence-electron chi connectivity index (χ2n) is 5.20. The predicted molar refractivity (Wildman–Crippen MR) is 76.6 cm³/mol. The van der Waals surface area contributed by atoms with Gasteiger partial charge in [-0.15, -0.1) is 0 Å². The van der Waals surface area contributed by atoms with Crippen LogP contribution in [0.25, 0.3) is 0 Å². The van der Waals surface area contributed by atoms with E-state index < -0.39 is 4.92 Å². The maximum Gasteiger partial charge on any atom is 0.270 e. The van der Waals surface area contributed by atoms with Crippen molar-refractivity contribution in [3.05, 3.63) is 33.9 Å². The number of benzene rings is 1. The minimum absolute atomic E-state index is 0.0963. The maximum atomic E-state index is 11.0. The predicted octanol–water partition coefficient (Wildman–Crippen LogP) is 1.56. The van der Waals surface area contributed by atoms with Crippen LogP contribution in [0.5, 0.6) is 0 Å². The molecule has 21 heavy (non-hydrogen) atoms. The molecule has 0 bridgehead atoms. The molecule has 0 saturated carbocycles. The van der Waals surface area contributed by atoms with Crippen molar-refractivity contribution >= 4 is 17.3 Å². The molecule has 7 nitrogen and oxygen atoms in total. The van der Waals surface area contributed by atoms with Crippen molar-refractivity contribution in [2.45, 2.75) is 19.3 Å². The summed E-state index contributed by atoms with van der Waals surface area (Å²) in [6.45, 7) is 1.40. The van der Waals surface area contributed by atoms with Crippen LogP contribution < -0.4 is 10.6 Å². The van der Waals surface area contributed by atoms with Crippen molar-refractivity contribution in [3.63, 3.8) is 0 Å². The molecule has 0 radical (unpaired) electrons. The Morgan fingerprint density at radius 2 is 2.33 bits per heavy atom. The summed E-state index contributed by atoms with van der Waals surface area (Å²) in [5.74, 6) is -0.163. The van der Waals surface area contributed by atoms with E-state index in [0.29, 0.717) is 18.7 Å². The second-order valence-corrected chi connectivity index (χ2v) is 5.20. The molecule has 2 rings (SSSR count). The standard InChI is InChI=1S/C14H16N4O3/c15-8-11-7-12(18(20)21)3-4-13(11)17-5-1-2-10(9-17)6-14(16)19/h3-4,7,10H,1-2,5-6,9H2,(H2,16,19). The molecule has 1 atom stereocenters. The number of amides is 1. The first-order valence-corrected chi connectivity index (χ1v) is 6.73. The van der Waals surface area contributed by atoms with Gasteiger partial charge in [-0.2, -0.15) is 5.26 Å². The van der Waals surface area contributed by atoms with Crippen LogP contribution >= 0.6 is 0 Å². The van der Waals surface area contributed by atoms with Crippen molar-refractivity contribution in [1.82, 2.24) is 0 Å². The van der Waals surface area contributed by atoms with Crippen LogP contribution in [0.2, 0.25) is 0 Å². The molecule has 0 aromatic heterocycles. The fraction of sp³-hybridized carbons (Fsp3) is 0.429. The quantitative estimate of drug-likeness (QED) is 0.667. The maximum absolute atomic E-state index is 11.0. The number of nitro benzene ring substituents is 1. The van der Waals surface area contributed by atoms with E-state index >= 15 is 0 Å². The van der Waals surface area contributed by atoms with Crippen LogP contribution in [-0.4, -0.2) is 23.9 Å². The highest BCUT2D eigenvalue weighted by molar-refractivity contribution is 5.74. The van der Waals surface area contributed by atoms with E-state index in [-0.39, 0.29) is 23.1 Å². The SMILES string of the molecule is N#Cc1cc([N+](=O)[O-])ccc1N1CCCC(CC(N)=O)C1. The summed E-state index contributed by atoms with van der Waals surface area (Å²) in [4.78, 5) is 23.3.